The van der Waals surface area contributed by atoms with Gasteiger partial charge in [-0.1, -0.05) is 19.1 Å². The van der Waals surface area contributed by atoms with Crippen LogP contribution in [-0.4, -0.2) is 45.4 Å². The summed E-state index contributed by atoms with van der Waals surface area (Å²) in [5, 5.41) is 13.5. The molecule has 1 aliphatic rings. The van der Waals surface area contributed by atoms with Crippen molar-refractivity contribution in [2.24, 2.45) is 0 Å². The molecule has 0 unspecified atom stereocenters. The average Bonchev–Trinajstić information content (AvgIpc) is 2.46. The van der Waals surface area contributed by atoms with Gasteiger partial charge in [0.1, 0.15) is 4.90 Å². The largest absolute Gasteiger partial charge is 0.388 e. The van der Waals surface area contributed by atoms with E-state index in [0.29, 0.717) is 44.8 Å². The van der Waals surface area contributed by atoms with E-state index in [2.05, 4.69) is 10.0 Å². The number of nitrogens with one attached hydrogen (secondary N) is 2. The van der Waals surface area contributed by atoms with Crippen molar-refractivity contribution in [1.29, 1.82) is 0 Å². The highest BCUT2D eigenvalue weighted by Crippen LogP contribution is 2.24. The van der Waals surface area contributed by atoms with Crippen LogP contribution in [0, 0.1) is 0 Å². The Morgan fingerprint density at radius 1 is 1.29 bits per heavy atom. The molecule has 1 aromatic carbocycles. The first-order valence-corrected chi connectivity index (χ1v) is 8.58. The fourth-order valence-electron chi connectivity index (χ4n) is 2.30. The molecule has 2 rings (SSSR count). The number of aliphatic hydroxyl groups is 1. The first kappa shape index (κ1) is 16.2. The highest BCUT2D eigenvalue weighted by Gasteiger charge is 2.30. The molecular formula is C14H22N2O4S. The topological polar surface area (TPSA) is 87.7 Å². The Bertz CT molecular complexity index is 568. The Balaban J connectivity index is 2.13. The minimum atomic E-state index is -3.53. The molecule has 1 aliphatic heterocycles. The summed E-state index contributed by atoms with van der Waals surface area (Å²) >= 11 is 0. The monoisotopic (exact) mass is 314 g/mol. The first-order chi connectivity index (χ1) is 9.97. The minimum Gasteiger partial charge on any atom is -0.388 e. The van der Waals surface area contributed by atoms with Gasteiger partial charge in [0.25, 0.3) is 0 Å². The van der Waals surface area contributed by atoms with Gasteiger partial charge in [-0.2, -0.15) is 0 Å². The molecule has 0 radical (unpaired) electrons. The number of para-hydroxylation sites is 1. The van der Waals surface area contributed by atoms with Gasteiger partial charge >= 0.3 is 0 Å². The molecule has 118 valence electrons. The normalized spacial score (nSPS) is 18.4. The van der Waals surface area contributed by atoms with E-state index in [0.717, 1.165) is 0 Å². The van der Waals surface area contributed by atoms with Crippen molar-refractivity contribution in [2.45, 2.75) is 30.3 Å². The lowest BCUT2D eigenvalue weighted by Gasteiger charge is -2.32. The van der Waals surface area contributed by atoms with Gasteiger partial charge in [0, 0.05) is 39.1 Å². The van der Waals surface area contributed by atoms with E-state index in [4.69, 9.17) is 4.74 Å². The smallest absolute Gasteiger partial charge is 0.242 e. The fraction of sp³-hybridized carbons (Fsp3) is 0.571. The van der Waals surface area contributed by atoms with Crippen LogP contribution in [-0.2, 0) is 14.8 Å². The zero-order valence-corrected chi connectivity index (χ0v) is 12.9. The second-order valence-corrected chi connectivity index (χ2v) is 6.92. The van der Waals surface area contributed by atoms with Gasteiger partial charge in [0.15, 0.2) is 0 Å². The van der Waals surface area contributed by atoms with Crippen LogP contribution in [0.4, 0.5) is 5.69 Å². The molecule has 0 saturated carbocycles. The quantitative estimate of drug-likeness (QED) is 0.727. The third-order valence-electron chi connectivity index (χ3n) is 3.54. The van der Waals surface area contributed by atoms with Gasteiger partial charge in [0.05, 0.1) is 11.3 Å². The third-order valence-corrected chi connectivity index (χ3v) is 5.15. The van der Waals surface area contributed by atoms with E-state index >= 15 is 0 Å². The molecule has 3 N–H and O–H groups in total. The van der Waals surface area contributed by atoms with Crippen molar-refractivity contribution in [3.63, 3.8) is 0 Å². The molecule has 6 nitrogen and oxygen atoms in total. The molecule has 1 aromatic rings. The van der Waals surface area contributed by atoms with Crippen molar-refractivity contribution < 1.29 is 18.3 Å². The highest BCUT2D eigenvalue weighted by molar-refractivity contribution is 7.89. The van der Waals surface area contributed by atoms with Crippen LogP contribution >= 0.6 is 0 Å². The average molecular weight is 314 g/mol. The number of hydrogen-bond acceptors (Lipinski definition) is 5. The van der Waals surface area contributed by atoms with Gasteiger partial charge in [-0.25, -0.2) is 13.1 Å². The number of hydrogen-bond donors (Lipinski definition) is 3. The zero-order chi connectivity index (χ0) is 15.3. The lowest BCUT2D eigenvalue weighted by Crippen LogP contribution is -2.42. The lowest BCUT2D eigenvalue weighted by atomic mass is 9.94. The molecule has 1 heterocycles. The van der Waals surface area contributed by atoms with Gasteiger partial charge in [-0.3, -0.25) is 0 Å². The summed E-state index contributed by atoms with van der Waals surface area (Å²) in [6.07, 6.45) is 1.09. The lowest BCUT2D eigenvalue weighted by molar-refractivity contribution is -0.0543. The molecule has 21 heavy (non-hydrogen) atoms. The number of anilines is 1. The van der Waals surface area contributed by atoms with Gasteiger partial charge in [-0.05, 0) is 12.1 Å². The molecule has 0 atom stereocenters. The van der Waals surface area contributed by atoms with Crippen molar-refractivity contribution >= 4 is 15.7 Å². The molecule has 0 bridgehead atoms. The number of benzene rings is 1. The van der Waals surface area contributed by atoms with Crippen LogP contribution in [0.3, 0.4) is 0 Å². The molecule has 0 amide bonds. The Morgan fingerprint density at radius 3 is 2.62 bits per heavy atom. The summed E-state index contributed by atoms with van der Waals surface area (Å²) in [5.41, 5.74) is -0.355. The standard InChI is InChI=1S/C14H22N2O4S/c1-2-16-21(18,19)13-6-4-3-5-12(13)15-11-14(17)7-9-20-10-8-14/h3-6,15-17H,2,7-11H2,1H3. The van der Waals surface area contributed by atoms with Crippen molar-refractivity contribution in [2.75, 3.05) is 31.6 Å². The van der Waals surface area contributed by atoms with Gasteiger partial charge in [0.2, 0.25) is 10.0 Å². The summed E-state index contributed by atoms with van der Waals surface area (Å²) in [6, 6.07) is 6.70. The Labute approximate surface area is 125 Å². The summed E-state index contributed by atoms with van der Waals surface area (Å²) < 4.78 is 32.0. The van der Waals surface area contributed by atoms with E-state index in [-0.39, 0.29) is 4.90 Å². The van der Waals surface area contributed by atoms with Crippen LogP contribution in [0.15, 0.2) is 29.2 Å². The molecule has 1 saturated heterocycles. The third kappa shape index (κ3) is 4.16. The maximum atomic E-state index is 12.2. The minimum absolute atomic E-state index is 0.197. The highest BCUT2D eigenvalue weighted by atomic mass is 32.2. The predicted molar refractivity (Wildman–Crippen MR) is 80.8 cm³/mol. The summed E-state index contributed by atoms with van der Waals surface area (Å²) in [7, 11) is -3.53. The SMILES string of the molecule is CCNS(=O)(=O)c1ccccc1NCC1(O)CCOCC1. The van der Waals surface area contributed by atoms with Crippen molar-refractivity contribution in [1.82, 2.24) is 4.72 Å². The molecule has 0 aromatic heterocycles. The van der Waals surface area contributed by atoms with E-state index in [9.17, 15) is 13.5 Å². The summed E-state index contributed by atoms with van der Waals surface area (Å²) in [6.45, 7) is 3.41. The van der Waals surface area contributed by atoms with E-state index in [1.54, 1.807) is 31.2 Å². The molecule has 1 fully saturated rings. The van der Waals surface area contributed by atoms with Crippen molar-refractivity contribution in [3.8, 4) is 0 Å². The maximum absolute atomic E-state index is 12.2. The first-order valence-electron chi connectivity index (χ1n) is 7.09. The summed E-state index contributed by atoms with van der Waals surface area (Å²) in [4.78, 5) is 0.197. The van der Waals surface area contributed by atoms with Crippen LogP contribution in [0.2, 0.25) is 0 Å². The number of rotatable bonds is 6. The summed E-state index contributed by atoms with van der Waals surface area (Å²) in [5.74, 6) is 0. The van der Waals surface area contributed by atoms with Crippen LogP contribution in [0.25, 0.3) is 0 Å². The molecule has 0 aliphatic carbocycles. The van der Waals surface area contributed by atoms with E-state index < -0.39 is 15.6 Å². The fourth-order valence-corrected chi connectivity index (χ4v) is 3.53. The second-order valence-electron chi connectivity index (χ2n) is 5.19. The Kier molecular flexibility index (Phi) is 5.21. The Hall–Kier alpha value is -1.15. The van der Waals surface area contributed by atoms with Gasteiger partial charge in [-0.15, -0.1) is 0 Å². The van der Waals surface area contributed by atoms with Crippen LogP contribution in [0.5, 0.6) is 0 Å². The molecule has 7 heteroatoms. The second kappa shape index (κ2) is 6.74. The van der Waals surface area contributed by atoms with Crippen LogP contribution < -0.4 is 10.0 Å². The van der Waals surface area contributed by atoms with Crippen LogP contribution in [0.1, 0.15) is 19.8 Å². The van der Waals surface area contributed by atoms with Crippen molar-refractivity contribution in [3.05, 3.63) is 24.3 Å². The molecule has 0 spiro atoms. The van der Waals surface area contributed by atoms with Gasteiger partial charge < -0.3 is 15.2 Å². The predicted octanol–water partition coefficient (Wildman–Crippen LogP) is 0.938. The number of ether oxygens (including phenoxy) is 1. The van der Waals surface area contributed by atoms with E-state index in [1.807, 2.05) is 0 Å². The Morgan fingerprint density at radius 2 is 1.95 bits per heavy atom. The zero-order valence-electron chi connectivity index (χ0n) is 12.1. The molecular weight excluding hydrogens is 292 g/mol. The maximum Gasteiger partial charge on any atom is 0.242 e. The van der Waals surface area contributed by atoms with E-state index in [1.165, 1.54) is 0 Å². The number of sulfonamides is 1.